The van der Waals surface area contributed by atoms with E-state index in [1.807, 2.05) is 54.5 Å². The number of nitrogens with one attached hydrogen (secondary N) is 1. The molecule has 26 heavy (non-hydrogen) atoms. The second-order valence-electron chi connectivity index (χ2n) is 6.50. The Labute approximate surface area is 151 Å². The number of hydrogen-bond donors (Lipinski definition) is 1. The molecular formula is C20H19N4O2+. The van der Waals surface area contributed by atoms with Crippen molar-refractivity contribution < 1.29 is 14.5 Å². The normalized spacial score (nSPS) is 14.6. The first-order valence-electron chi connectivity index (χ1n) is 8.49. The third-order valence-corrected chi connectivity index (χ3v) is 4.47. The van der Waals surface area contributed by atoms with Crippen molar-refractivity contribution >= 4 is 11.8 Å². The molecule has 6 nitrogen and oxygen atoms in total. The van der Waals surface area contributed by atoms with E-state index in [0.29, 0.717) is 24.3 Å². The second kappa shape index (κ2) is 6.57. The van der Waals surface area contributed by atoms with Crippen LogP contribution in [0.2, 0.25) is 0 Å². The Morgan fingerprint density at radius 3 is 2.19 bits per heavy atom. The van der Waals surface area contributed by atoms with E-state index in [9.17, 15) is 9.59 Å². The average Bonchev–Trinajstić information content (AvgIpc) is 3.22. The summed E-state index contributed by atoms with van der Waals surface area (Å²) in [4.78, 5) is 27.3. The number of hydrogen-bond acceptors (Lipinski definition) is 3. The SMILES string of the molecule is C[NH+](Cc1cnn(-c2ccccc2)c1)CN1C(=O)c2ccccc2C1=O. The highest BCUT2D eigenvalue weighted by atomic mass is 16.2. The molecule has 4 rings (SSSR count). The Kier molecular flexibility index (Phi) is 4.10. The number of rotatable bonds is 5. The Balaban J connectivity index is 1.44. The van der Waals surface area contributed by atoms with Gasteiger partial charge in [-0.2, -0.15) is 5.10 Å². The molecule has 1 N–H and O–H groups in total. The first kappa shape index (κ1) is 16.2. The maximum Gasteiger partial charge on any atom is 0.265 e. The van der Waals surface area contributed by atoms with E-state index in [1.54, 1.807) is 24.3 Å². The molecule has 0 bridgehead atoms. The van der Waals surface area contributed by atoms with Gasteiger partial charge in [0.1, 0.15) is 6.54 Å². The summed E-state index contributed by atoms with van der Waals surface area (Å²) in [6.45, 7) is 0.989. The predicted molar refractivity (Wildman–Crippen MR) is 96.0 cm³/mol. The van der Waals surface area contributed by atoms with E-state index in [4.69, 9.17) is 0 Å². The van der Waals surface area contributed by atoms with Crippen molar-refractivity contribution in [2.45, 2.75) is 6.54 Å². The molecule has 0 spiro atoms. The van der Waals surface area contributed by atoms with Crippen LogP contribution in [0.25, 0.3) is 5.69 Å². The molecule has 1 aliphatic heterocycles. The maximum absolute atomic E-state index is 12.5. The van der Waals surface area contributed by atoms with Crippen molar-refractivity contribution in [1.82, 2.24) is 14.7 Å². The Bertz CT molecular complexity index is 930. The monoisotopic (exact) mass is 347 g/mol. The number of quaternary nitrogens is 1. The van der Waals surface area contributed by atoms with Gasteiger partial charge in [0.25, 0.3) is 11.8 Å². The smallest absolute Gasteiger partial charge is 0.265 e. The highest BCUT2D eigenvalue weighted by molar-refractivity contribution is 6.21. The molecule has 0 saturated carbocycles. The summed E-state index contributed by atoms with van der Waals surface area (Å²) in [5, 5.41) is 4.39. The molecule has 1 unspecified atom stereocenters. The molecule has 0 fully saturated rings. The van der Waals surface area contributed by atoms with Crippen LogP contribution in [0, 0.1) is 0 Å². The number of nitrogens with zero attached hydrogens (tertiary/aromatic N) is 3. The van der Waals surface area contributed by atoms with Gasteiger partial charge in [-0.1, -0.05) is 30.3 Å². The molecule has 6 heteroatoms. The second-order valence-corrected chi connectivity index (χ2v) is 6.50. The lowest BCUT2D eigenvalue weighted by atomic mass is 10.1. The number of imide groups is 1. The molecule has 0 saturated heterocycles. The zero-order chi connectivity index (χ0) is 18.1. The van der Waals surface area contributed by atoms with Crippen molar-refractivity contribution in [2.24, 2.45) is 0 Å². The predicted octanol–water partition coefficient (Wildman–Crippen LogP) is 1.14. The zero-order valence-corrected chi connectivity index (χ0v) is 14.4. The average molecular weight is 347 g/mol. The van der Waals surface area contributed by atoms with Gasteiger partial charge in [0, 0.05) is 11.8 Å². The Morgan fingerprint density at radius 2 is 1.54 bits per heavy atom. The fraction of sp³-hybridized carbons (Fsp3) is 0.150. The molecule has 2 amide bonds. The quantitative estimate of drug-likeness (QED) is 0.704. The zero-order valence-electron chi connectivity index (χ0n) is 14.4. The van der Waals surface area contributed by atoms with Gasteiger partial charge in [0.2, 0.25) is 0 Å². The summed E-state index contributed by atoms with van der Waals surface area (Å²) in [5.41, 5.74) is 3.02. The molecule has 1 aliphatic rings. The Morgan fingerprint density at radius 1 is 0.923 bits per heavy atom. The van der Waals surface area contributed by atoms with Gasteiger partial charge in [0.05, 0.1) is 30.1 Å². The summed E-state index contributed by atoms with van der Waals surface area (Å²) in [5.74, 6) is -0.435. The number of fused-ring (bicyclic) bond motifs is 1. The lowest BCUT2D eigenvalue weighted by Gasteiger charge is -2.19. The van der Waals surface area contributed by atoms with Crippen LogP contribution >= 0.6 is 0 Å². The van der Waals surface area contributed by atoms with E-state index in [2.05, 4.69) is 5.10 Å². The van der Waals surface area contributed by atoms with E-state index in [1.165, 1.54) is 4.90 Å². The third-order valence-electron chi connectivity index (χ3n) is 4.47. The number of carbonyl (C=O) groups excluding carboxylic acids is 2. The number of aromatic nitrogens is 2. The van der Waals surface area contributed by atoms with Gasteiger partial charge >= 0.3 is 0 Å². The van der Waals surface area contributed by atoms with Gasteiger partial charge in [-0.3, -0.25) is 9.59 Å². The van der Waals surface area contributed by atoms with Crippen molar-refractivity contribution in [3.63, 3.8) is 0 Å². The topological polar surface area (TPSA) is 59.6 Å². The van der Waals surface area contributed by atoms with Crippen LogP contribution < -0.4 is 4.90 Å². The van der Waals surface area contributed by atoms with Gasteiger partial charge in [-0.15, -0.1) is 0 Å². The molecular weight excluding hydrogens is 328 g/mol. The number of para-hydroxylation sites is 1. The van der Waals surface area contributed by atoms with Crippen molar-refractivity contribution in [3.05, 3.63) is 83.7 Å². The minimum Gasteiger partial charge on any atom is -0.316 e. The van der Waals surface area contributed by atoms with Crippen molar-refractivity contribution in [1.29, 1.82) is 0 Å². The lowest BCUT2D eigenvalue weighted by Crippen LogP contribution is -3.09. The van der Waals surface area contributed by atoms with Crippen LogP contribution in [0.1, 0.15) is 26.3 Å². The molecule has 0 aliphatic carbocycles. The Hall–Kier alpha value is -3.25. The van der Waals surface area contributed by atoms with Gasteiger partial charge in [0.15, 0.2) is 6.67 Å². The van der Waals surface area contributed by atoms with Crippen LogP contribution in [0.3, 0.4) is 0 Å². The molecule has 1 atom stereocenters. The molecule has 2 aromatic carbocycles. The van der Waals surface area contributed by atoms with E-state index < -0.39 is 0 Å². The largest absolute Gasteiger partial charge is 0.316 e. The molecule has 0 radical (unpaired) electrons. The summed E-state index contributed by atoms with van der Waals surface area (Å²) in [6, 6.07) is 16.9. The minimum atomic E-state index is -0.218. The van der Waals surface area contributed by atoms with Crippen LogP contribution in [0.4, 0.5) is 0 Å². The fourth-order valence-corrected chi connectivity index (χ4v) is 3.23. The number of amides is 2. The van der Waals surface area contributed by atoms with Crippen molar-refractivity contribution in [3.8, 4) is 5.69 Å². The lowest BCUT2D eigenvalue weighted by molar-refractivity contribution is -0.901. The highest BCUT2D eigenvalue weighted by Gasteiger charge is 2.36. The summed E-state index contributed by atoms with van der Waals surface area (Å²) in [7, 11) is 1.96. The first-order valence-corrected chi connectivity index (χ1v) is 8.49. The number of benzene rings is 2. The maximum atomic E-state index is 12.5. The van der Waals surface area contributed by atoms with Gasteiger partial charge in [-0.25, -0.2) is 9.58 Å². The van der Waals surface area contributed by atoms with E-state index >= 15 is 0 Å². The third kappa shape index (κ3) is 2.91. The minimum absolute atomic E-state index is 0.218. The van der Waals surface area contributed by atoms with Gasteiger partial charge in [-0.05, 0) is 24.3 Å². The van der Waals surface area contributed by atoms with Crippen LogP contribution in [-0.2, 0) is 6.54 Å². The van der Waals surface area contributed by atoms with Crippen molar-refractivity contribution in [2.75, 3.05) is 13.7 Å². The number of carbonyl (C=O) groups is 2. The van der Waals surface area contributed by atoms with Gasteiger partial charge < -0.3 is 4.90 Å². The summed E-state index contributed by atoms with van der Waals surface area (Å²) >= 11 is 0. The standard InChI is InChI=1S/C20H18N4O2/c1-22(12-15-11-21-24(13-15)16-7-3-2-4-8-16)14-23-19(25)17-9-5-6-10-18(17)20(23)26/h2-11,13H,12,14H2,1H3/p+1. The van der Waals surface area contributed by atoms with Crippen LogP contribution in [-0.4, -0.2) is 40.2 Å². The molecule has 3 aromatic rings. The van der Waals surface area contributed by atoms with E-state index in [0.717, 1.165) is 16.2 Å². The molecule has 2 heterocycles. The fourth-order valence-electron chi connectivity index (χ4n) is 3.23. The highest BCUT2D eigenvalue weighted by Crippen LogP contribution is 2.21. The van der Waals surface area contributed by atoms with Crippen LogP contribution in [0.5, 0.6) is 0 Å². The molecule has 130 valence electrons. The summed E-state index contributed by atoms with van der Waals surface area (Å²) < 4.78 is 1.82. The summed E-state index contributed by atoms with van der Waals surface area (Å²) in [6.07, 6.45) is 3.79. The molecule has 1 aromatic heterocycles. The van der Waals surface area contributed by atoms with E-state index in [-0.39, 0.29) is 11.8 Å². The first-order chi connectivity index (χ1) is 12.6. The van der Waals surface area contributed by atoms with Crippen LogP contribution in [0.15, 0.2) is 67.0 Å².